The molecule has 4 N–H and O–H groups in total. The first-order chi connectivity index (χ1) is 7.17. The van der Waals surface area contributed by atoms with Gasteiger partial charge in [0.2, 0.25) is 0 Å². The van der Waals surface area contributed by atoms with Gasteiger partial charge in [-0.3, -0.25) is 10.2 Å². The zero-order valence-corrected chi connectivity index (χ0v) is 10.0. The number of rotatable bonds is 4. The molecule has 15 heavy (non-hydrogen) atoms. The third-order valence-electron chi connectivity index (χ3n) is 2.05. The number of carbonyl (C=O) groups is 1. The average Bonchev–Trinajstić information content (AvgIpc) is 2.27. The Labute approximate surface area is 97.3 Å². The molecule has 0 aromatic heterocycles. The Morgan fingerprint density at radius 2 is 2.07 bits per heavy atom. The van der Waals surface area contributed by atoms with E-state index in [4.69, 9.17) is 5.84 Å². The normalized spacial score (nSPS) is 11.9. The topological polar surface area (TPSA) is 67.2 Å². The molecule has 1 rings (SSSR count). The lowest BCUT2D eigenvalue weighted by Gasteiger charge is -2.16. The minimum Gasteiger partial charge on any atom is -0.374 e. The van der Waals surface area contributed by atoms with Gasteiger partial charge in [-0.05, 0) is 30.7 Å². The van der Waals surface area contributed by atoms with E-state index in [0.717, 1.165) is 10.2 Å². The fourth-order valence-corrected chi connectivity index (χ4v) is 1.47. The van der Waals surface area contributed by atoms with Gasteiger partial charge in [-0.1, -0.05) is 22.9 Å². The summed E-state index contributed by atoms with van der Waals surface area (Å²) in [5.74, 6) is 4.87. The lowest BCUT2D eigenvalue weighted by Crippen LogP contribution is -2.42. The van der Waals surface area contributed by atoms with Crippen molar-refractivity contribution in [3.63, 3.8) is 0 Å². The molecule has 1 unspecified atom stereocenters. The number of nitrogens with two attached hydrogens (primary N) is 1. The summed E-state index contributed by atoms with van der Waals surface area (Å²) in [4.78, 5) is 11.3. The Morgan fingerprint density at radius 3 is 2.53 bits per heavy atom. The molecule has 5 heteroatoms. The van der Waals surface area contributed by atoms with Crippen LogP contribution in [0.15, 0.2) is 28.7 Å². The lowest BCUT2D eigenvalue weighted by atomic mass is 10.2. The van der Waals surface area contributed by atoms with Crippen LogP contribution in [0.25, 0.3) is 0 Å². The van der Waals surface area contributed by atoms with Gasteiger partial charge in [0.25, 0.3) is 5.91 Å². The van der Waals surface area contributed by atoms with Gasteiger partial charge in [0, 0.05) is 10.2 Å². The maximum absolute atomic E-state index is 11.3. The number of amides is 1. The largest absolute Gasteiger partial charge is 0.374 e. The van der Waals surface area contributed by atoms with E-state index in [9.17, 15) is 4.79 Å². The monoisotopic (exact) mass is 271 g/mol. The van der Waals surface area contributed by atoms with Gasteiger partial charge in [0.1, 0.15) is 6.04 Å². The number of hydrogen-bond acceptors (Lipinski definition) is 3. The van der Waals surface area contributed by atoms with Crippen LogP contribution in [-0.2, 0) is 4.79 Å². The summed E-state index contributed by atoms with van der Waals surface area (Å²) in [6.07, 6.45) is 0.680. The minimum atomic E-state index is -0.295. The van der Waals surface area contributed by atoms with Gasteiger partial charge in [-0.15, -0.1) is 0 Å². The summed E-state index contributed by atoms with van der Waals surface area (Å²) in [7, 11) is 0. The highest BCUT2D eigenvalue weighted by Gasteiger charge is 2.14. The van der Waals surface area contributed by atoms with Crippen molar-refractivity contribution in [1.29, 1.82) is 0 Å². The molecule has 0 fully saturated rings. The summed E-state index contributed by atoms with van der Waals surface area (Å²) in [5, 5.41) is 3.09. The summed E-state index contributed by atoms with van der Waals surface area (Å²) in [6, 6.07) is 7.33. The predicted molar refractivity (Wildman–Crippen MR) is 64.2 cm³/mol. The second-order valence-electron chi connectivity index (χ2n) is 3.12. The third-order valence-corrected chi connectivity index (χ3v) is 2.58. The van der Waals surface area contributed by atoms with Crippen LogP contribution in [0.3, 0.4) is 0 Å². The van der Waals surface area contributed by atoms with Gasteiger partial charge in [-0.2, -0.15) is 0 Å². The quantitative estimate of drug-likeness (QED) is 0.443. The van der Waals surface area contributed by atoms with Crippen LogP contribution in [0.2, 0.25) is 0 Å². The smallest absolute Gasteiger partial charge is 0.256 e. The first kappa shape index (κ1) is 12.0. The van der Waals surface area contributed by atoms with E-state index in [1.165, 1.54) is 0 Å². The number of benzene rings is 1. The molecule has 0 spiro atoms. The highest BCUT2D eigenvalue weighted by Crippen LogP contribution is 2.15. The summed E-state index contributed by atoms with van der Waals surface area (Å²) >= 11 is 3.34. The SMILES string of the molecule is CCC(Nc1ccc(Br)cc1)C(=O)NN. The Morgan fingerprint density at radius 1 is 1.47 bits per heavy atom. The molecule has 4 nitrogen and oxygen atoms in total. The Bertz CT molecular complexity index is 326. The number of nitrogens with one attached hydrogen (secondary N) is 2. The second kappa shape index (κ2) is 5.72. The molecular formula is C10H14BrN3O. The van der Waals surface area contributed by atoms with Crippen LogP contribution < -0.4 is 16.6 Å². The average molecular weight is 272 g/mol. The third kappa shape index (κ3) is 3.53. The van der Waals surface area contributed by atoms with Crippen molar-refractivity contribution in [1.82, 2.24) is 5.43 Å². The number of hydrazine groups is 1. The number of anilines is 1. The maximum atomic E-state index is 11.3. The van der Waals surface area contributed by atoms with E-state index in [0.29, 0.717) is 6.42 Å². The molecule has 1 amide bonds. The second-order valence-corrected chi connectivity index (χ2v) is 4.04. The van der Waals surface area contributed by atoms with Gasteiger partial charge < -0.3 is 5.32 Å². The standard InChI is InChI=1S/C10H14BrN3O/c1-2-9(10(15)14-12)13-8-5-3-7(11)4-6-8/h3-6,9,13H,2,12H2,1H3,(H,14,15). The van der Waals surface area contributed by atoms with Crippen molar-refractivity contribution < 1.29 is 4.79 Å². The molecule has 0 heterocycles. The summed E-state index contributed by atoms with van der Waals surface area (Å²) in [5.41, 5.74) is 3.03. The van der Waals surface area contributed by atoms with Crippen LogP contribution >= 0.6 is 15.9 Å². The molecule has 0 bridgehead atoms. The van der Waals surface area contributed by atoms with Crippen molar-refractivity contribution in [2.75, 3.05) is 5.32 Å². The van der Waals surface area contributed by atoms with Crippen molar-refractivity contribution in [3.8, 4) is 0 Å². The molecule has 0 saturated heterocycles. The highest BCUT2D eigenvalue weighted by atomic mass is 79.9. The predicted octanol–water partition coefficient (Wildman–Crippen LogP) is 1.63. The van der Waals surface area contributed by atoms with E-state index in [-0.39, 0.29) is 11.9 Å². The van der Waals surface area contributed by atoms with E-state index < -0.39 is 0 Å². The zero-order valence-electron chi connectivity index (χ0n) is 8.46. The fourth-order valence-electron chi connectivity index (χ4n) is 1.20. The molecule has 1 aromatic carbocycles. The lowest BCUT2D eigenvalue weighted by molar-refractivity contribution is -0.121. The van der Waals surface area contributed by atoms with Crippen molar-refractivity contribution in [2.24, 2.45) is 5.84 Å². The van der Waals surface area contributed by atoms with Gasteiger partial charge in [0.05, 0.1) is 0 Å². The van der Waals surface area contributed by atoms with Crippen LogP contribution in [0.4, 0.5) is 5.69 Å². The molecule has 0 aliphatic heterocycles. The zero-order chi connectivity index (χ0) is 11.3. The van der Waals surface area contributed by atoms with E-state index >= 15 is 0 Å². The summed E-state index contributed by atoms with van der Waals surface area (Å²) < 4.78 is 1.00. The molecule has 0 aliphatic rings. The molecule has 0 radical (unpaired) electrons. The van der Waals surface area contributed by atoms with Crippen molar-refractivity contribution >= 4 is 27.5 Å². The Hall–Kier alpha value is -1.07. The minimum absolute atomic E-state index is 0.208. The number of hydrogen-bond donors (Lipinski definition) is 3. The molecular weight excluding hydrogens is 258 g/mol. The summed E-state index contributed by atoms with van der Waals surface area (Å²) in [6.45, 7) is 1.92. The van der Waals surface area contributed by atoms with Gasteiger partial charge >= 0.3 is 0 Å². The Balaban J connectivity index is 2.66. The molecule has 0 saturated carbocycles. The van der Waals surface area contributed by atoms with Crippen LogP contribution in [0, 0.1) is 0 Å². The molecule has 1 aromatic rings. The van der Waals surface area contributed by atoms with Crippen LogP contribution in [0.1, 0.15) is 13.3 Å². The van der Waals surface area contributed by atoms with Crippen molar-refractivity contribution in [3.05, 3.63) is 28.7 Å². The number of carbonyl (C=O) groups excluding carboxylic acids is 1. The Kier molecular flexibility index (Phi) is 4.58. The highest BCUT2D eigenvalue weighted by molar-refractivity contribution is 9.10. The van der Waals surface area contributed by atoms with Crippen LogP contribution in [0.5, 0.6) is 0 Å². The first-order valence-electron chi connectivity index (χ1n) is 4.70. The first-order valence-corrected chi connectivity index (χ1v) is 5.49. The van der Waals surface area contributed by atoms with Gasteiger partial charge in [0.15, 0.2) is 0 Å². The van der Waals surface area contributed by atoms with Crippen LogP contribution in [-0.4, -0.2) is 11.9 Å². The van der Waals surface area contributed by atoms with Crippen molar-refractivity contribution in [2.45, 2.75) is 19.4 Å². The van der Waals surface area contributed by atoms with E-state index in [1.807, 2.05) is 31.2 Å². The molecule has 82 valence electrons. The fraction of sp³-hybridized carbons (Fsp3) is 0.300. The number of halogens is 1. The maximum Gasteiger partial charge on any atom is 0.256 e. The molecule has 1 atom stereocenters. The van der Waals surface area contributed by atoms with E-state index in [1.54, 1.807) is 0 Å². The van der Waals surface area contributed by atoms with E-state index in [2.05, 4.69) is 26.7 Å². The molecule has 0 aliphatic carbocycles. The van der Waals surface area contributed by atoms with Gasteiger partial charge in [-0.25, -0.2) is 5.84 Å².